The van der Waals surface area contributed by atoms with Crippen LogP contribution in [0.15, 0.2) is 29.8 Å². The first kappa shape index (κ1) is 13.7. The Balaban J connectivity index is 2.07. The van der Waals surface area contributed by atoms with Crippen LogP contribution in [0.1, 0.15) is 27.3 Å². The number of carbonyl (C=O) groups excluding carboxylic acids is 1. The monoisotopic (exact) mass is 276 g/mol. The maximum absolute atomic E-state index is 12.0. The summed E-state index contributed by atoms with van der Waals surface area (Å²) in [6.45, 7) is 2.00. The van der Waals surface area contributed by atoms with Crippen molar-refractivity contribution in [2.24, 2.45) is 0 Å². The smallest absolute Gasteiger partial charge is 0.267 e. The number of aliphatic hydroxyl groups is 1. The number of nitrogens with one attached hydrogen (secondary N) is 1. The van der Waals surface area contributed by atoms with Gasteiger partial charge in [0, 0.05) is 12.3 Å². The highest BCUT2D eigenvalue weighted by atomic mass is 32.1. The molecule has 0 bridgehead atoms. The molecule has 1 aromatic carbocycles. The van der Waals surface area contributed by atoms with Gasteiger partial charge in [-0.3, -0.25) is 4.79 Å². The summed E-state index contributed by atoms with van der Waals surface area (Å²) in [6.07, 6.45) is 1.53. The lowest BCUT2D eigenvalue weighted by atomic mass is 10.1. The van der Waals surface area contributed by atoms with E-state index in [0.717, 1.165) is 29.8 Å². The highest BCUT2D eigenvalue weighted by Crippen LogP contribution is 2.17. The first-order valence-electron chi connectivity index (χ1n) is 6.12. The molecule has 1 amide bonds. The van der Waals surface area contributed by atoms with Crippen LogP contribution in [-0.2, 0) is 6.42 Å². The zero-order valence-corrected chi connectivity index (χ0v) is 11.5. The number of nitrogens with zero attached hydrogens (tertiary/aromatic N) is 1. The predicted octanol–water partition coefficient (Wildman–Crippen LogP) is 2.63. The van der Waals surface area contributed by atoms with E-state index < -0.39 is 0 Å². The zero-order chi connectivity index (χ0) is 13.7. The second-order valence-electron chi connectivity index (χ2n) is 4.25. The van der Waals surface area contributed by atoms with Crippen LogP contribution in [0, 0.1) is 6.92 Å². The van der Waals surface area contributed by atoms with Crippen LogP contribution in [0.25, 0.3) is 0 Å². The van der Waals surface area contributed by atoms with E-state index in [1.54, 1.807) is 5.51 Å². The van der Waals surface area contributed by atoms with Crippen LogP contribution < -0.4 is 5.32 Å². The third kappa shape index (κ3) is 3.62. The summed E-state index contributed by atoms with van der Waals surface area (Å²) >= 11 is 1.34. The largest absolute Gasteiger partial charge is 0.396 e. The molecule has 0 aliphatic heterocycles. The first-order valence-corrected chi connectivity index (χ1v) is 7.00. The molecule has 1 heterocycles. The lowest BCUT2D eigenvalue weighted by Gasteiger charge is -2.06. The normalized spacial score (nSPS) is 10.4. The van der Waals surface area contributed by atoms with E-state index in [9.17, 15) is 4.79 Å². The SMILES string of the molecule is Cc1ncsc1C(=O)Nc1cccc(CCCO)c1. The van der Waals surface area contributed by atoms with Gasteiger partial charge < -0.3 is 10.4 Å². The van der Waals surface area contributed by atoms with Crippen molar-refractivity contribution >= 4 is 22.9 Å². The van der Waals surface area contributed by atoms with Gasteiger partial charge in [-0.15, -0.1) is 11.3 Å². The number of benzene rings is 1. The van der Waals surface area contributed by atoms with Gasteiger partial charge in [0.15, 0.2) is 0 Å². The van der Waals surface area contributed by atoms with E-state index in [1.807, 2.05) is 31.2 Å². The fourth-order valence-electron chi connectivity index (χ4n) is 1.80. The number of thiazole rings is 1. The van der Waals surface area contributed by atoms with E-state index in [4.69, 9.17) is 5.11 Å². The molecular weight excluding hydrogens is 260 g/mol. The number of carbonyl (C=O) groups is 1. The van der Waals surface area contributed by atoms with Gasteiger partial charge in [0.25, 0.3) is 5.91 Å². The number of amides is 1. The predicted molar refractivity (Wildman–Crippen MR) is 76.7 cm³/mol. The topological polar surface area (TPSA) is 62.2 Å². The number of aliphatic hydroxyl groups excluding tert-OH is 1. The van der Waals surface area contributed by atoms with Crippen LogP contribution in [0.3, 0.4) is 0 Å². The number of hydrogen-bond donors (Lipinski definition) is 2. The molecule has 0 radical (unpaired) electrons. The summed E-state index contributed by atoms with van der Waals surface area (Å²) < 4.78 is 0. The summed E-state index contributed by atoms with van der Waals surface area (Å²) in [4.78, 5) is 16.7. The molecular formula is C14H16N2O2S. The van der Waals surface area contributed by atoms with Crippen molar-refractivity contribution in [3.8, 4) is 0 Å². The maximum Gasteiger partial charge on any atom is 0.267 e. The van der Waals surface area contributed by atoms with Crippen LogP contribution in [0.4, 0.5) is 5.69 Å². The fraction of sp³-hybridized carbons (Fsp3) is 0.286. The number of aromatic nitrogens is 1. The minimum absolute atomic E-state index is 0.126. The lowest BCUT2D eigenvalue weighted by molar-refractivity contribution is 0.103. The van der Waals surface area contributed by atoms with Crippen molar-refractivity contribution in [3.63, 3.8) is 0 Å². The minimum Gasteiger partial charge on any atom is -0.396 e. The van der Waals surface area contributed by atoms with Gasteiger partial charge in [0.1, 0.15) is 4.88 Å². The van der Waals surface area contributed by atoms with Gasteiger partial charge in [-0.2, -0.15) is 0 Å². The quantitative estimate of drug-likeness (QED) is 0.882. The van der Waals surface area contributed by atoms with Crippen molar-refractivity contribution in [3.05, 3.63) is 45.9 Å². The van der Waals surface area contributed by atoms with E-state index in [0.29, 0.717) is 4.88 Å². The molecule has 0 fully saturated rings. The van der Waals surface area contributed by atoms with Crippen LogP contribution in [0.2, 0.25) is 0 Å². The highest BCUT2D eigenvalue weighted by molar-refractivity contribution is 7.12. The van der Waals surface area contributed by atoms with Crippen molar-refractivity contribution in [1.82, 2.24) is 4.98 Å². The first-order chi connectivity index (χ1) is 9.20. The van der Waals surface area contributed by atoms with Crippen LogP contribution >= 0.6 is 11.3 Å². The molecule has 2 rings (SSSR count). The van der Waals surface area contributed by atoms with Crippen LogP contribution in [-0.4, -0.2) is 22.6 Å². The van der Waals surface area contributed by atoms with E-state index in [2.05, 4.69) is 10.3 Å². The van der Waals surface area contributed by atoms with E-state index in [-0.39, 0.29) is 12.5 Å². The van der Waals surface area contributed by atoms with E-state index in [1.165, 1.54) is 11.3 Å². The molecule has 100 valence electrons. The van der Waals surface area contributed by atoms with Crippen molar-refractivity contribution in [2.45, 2.75) is 19.8 Å². The molecule has 2 aromatic rings. The molecule has 19 heavy (non-hydrogen) atoms. The van der Waals surface area contributed by atoms with Gasteiger partial charge in [-0.25, -0.2) is 4.98 Å². The zero-order valence-electron chi connectivity index (χ0n) is 10.7. The molecule has 0 saturated carbocycles. The third-order valence-corrected chi connectivity index (χ3v) is 3.69. The average Bonchev–Trinajstić information content (AvgIpc) is 2.83. The van der Waals surface area contributed by atoms with Gasteiger partial charge in [-0.05, 0) is 37.5 Å². The minimum atomic E-state index is -0.126. The summed E-state index contributed by atoms with van der Waals surface area (Å²) in [5.41, 5.74) is 4.29. The Kier molecular flexibility index (Phi) is 4.65. The molecule has 1 aromatic heterocycles. The molecule has 5 heteroatoms. The Morgan fingerprint density at radius 3 is 3.00 bits per heavy atom. The molecule has 0 aliphatic rings. The number of rotatable bonds is 5. The Morgan fingerprint density at radius 1 is 1.47 bits per heavy atom. The Morgan fingerprint density at radius 2 is 2.32 bits per heavy atom. The Labute approximate surface area is 116 Å². The standard InChI is InChI=1S/C14H16N2O2S/c1-10-13(19-9-15-10)14(18)16-12-6-2-4-11(8-12)5-3-7-17/h2,4,6,8-9,17H,3,5,7H2,1H3,(H,16,18). The van der Waals surface area contributed by atoms with Gasteiger partial charge >= 0.3 is 0 Å². The number of anilines is 1. The second kappa shape index (κ2) is 6.45. The van der Waals surface area contributed by atoms with Crippen molar-refractivity contribution in [1.29, 1.82) is 0 Å². The van der Waals surface area contributed by atoms with Gasteiger partial charge in [0.05, 0.1) is 11.2 Å². The Bertz CT molecular complexity index is 566. The lowest BCUT2D eigenvalue weighted by Crippen LogP contribution is -2.11. The van der Waals surface area contributed by atoms with E-state index >= 15 is 0 Å². The molecule has 0 spiro atoms. The average molecular weight is 276 g/mol. The fourth-order valence-corrected chi connectivity index (χ4v) is 2.49. The summed E-state index contributed by atoms with van der Waals surface area (Å²) in [7, 11) is 0. The van der Waals surface area contributed by atoms with Crippen molar-refractivity contribution < 1.29 is 9.90 Å². The van der Waals surface area contributed by atoms with Gasteiger partial charge in [-0.1, -0.05) is 12.1 Å². The summed E-state index contributed by atoms with van der Waals surface area (Å²) in [6, 6.07) is 7.69. The molecule has 0 unspecified atom stereocenters. The molecule has 0 atom stereocenters. The summed E-state index contributed by atoms with van der Waals surface area (Å²) in [5.74, 6) is -0.126. The number of aryl methyl sites for hydroxylation is 2. The Hall–Kier alpha value is -1.72. The number of hydrogen-bond acceptors (Lipinski definition) is 4. The molecule has 0 aliphatic carbocycles. The second-order valence-corrected chi connectivity index (χ2v) is 5.10. The molecule has 2 N–H and O–H groups in total. The molecule has 4 nitrogen and oxygen atoms in total. The van der Waals surface area contributed by atoms with Crippen LogP contribution in [0.5, 0.6) is 0 Å². The molecule has 0 saturated heterocycles. The van der Waals surface area contributed by atoms with Gasteiger partial charge in [0.2, 0.25) is 0 Å². The maximum atomic E-state index is 12.0. The summed E-state index contributed by atoms with van der Waals surface area (Å²) in [5, 5.41) is 11.7. The third-order valence-electron chi connectivity index (χ3n) is 2.76. The van der Waals surface area contributed by atoms with Crippen molar-refractivity contribution in [2.75, 3.05) is 11.9 Å². The highest BCUT2D eigenvalue weighted by Gasteiger charge is 2.11.